The van der Waals surface area contributed by atoms with Crippen LogP contribution < -0.4 is 0 Å². The Morgan fingerprint density at radius 3 is 2.00 bits per heavy atom. The predicted molar refractivity (Wildman–Crippen MR) is 39.3 cm³/mol. The van der Waals surface area contributed by atoms with E-state index in [-0.39, 0.29) is 11.7 Å². The maximum atomic E-state index is 11.0. The standard InChI is InChI=1S/C8H14O/c1-5-7(4)8(9)6(2)3/h5-6H,1-4H3/b7-5+. The molecule has 0 rings (SSSR count). The molecule has 1 heteroatoms. The molecule has 0 aliphatic rings. The molecule has 0 heterocycles. The van der Waals surface area contributed by atoms with Crippen molar-refractivity contribution in [2.75, 3.05) is 0 Å². The van der Waals surface area contributed by atoms with Crippen molar-refractivity contribution < 1.29 is 4.79 Å². The minimum Gasteiger partial charge on any atom is -0.294 e. The number of carbonyl (C=O) groups excluding carboxylic acids is 1. The second-order valence-electron chi connectivity index (χ2n) is 2.49. The van der Waals surface area contributed by atoms with Gasteiger partial charge in [0.2, 0.25) is 0 Å². The summed E-state index contributed by atoms with van der Waals surface area (Å²) in [5, 5.41) is 0. The number of hydrogen-bond acceptors (Lipinski definition) is 1. The molecule has 0 aromatic heterocycles. The van der Waals surface area contributed by atoms with Gasteiger partial charge in [-0.2, -0.15) is 0 Å². The smallest absolute Gasteiger partial charge is 0.160 e. The number of ketones is 1. The summed E-state index contributed by atoms with van der Waals surface area (Å²) < 4.78 is 0. The largest absolute Gasteiger partial charge is 0.294 e. The molecule has 0 atom stereocenters. The van der Waals surface area contributed by atoms with Gasteiger partial charge in [-0.1, -0.05) is 19.9 Å². The second-order valence-corrected chi connectivity index (χ2v) is 2.49. The van der Waals surface area contributed by atoms with Crippen molar-refractivity contribution in [1.82, 2.24) is 0 Å². The van der Waals surface area contributed by atoms with E-state index in [2.05, 4.69) is 0 Å². The van der Waals surface area contributed by atoms with Gasteiger partial charge in [0.05, 0.1) is 0 Å². The minimum atomic E-state index is 0.140. The summed E-state index contributed by atoms with van der Waals surface area (Å²) >= 11 is 0. The lowest BCUT2D eigenvalue weighted by molar-refractivity contribution is -0.118. The zero-order valence-electron chi connectivity index (χ0n) is 6.56. The van der Waals surface area contributed by atoms with E-state index < -0.39 is 0 Å². The maximum Gasteiger partial charge on any atom is 0.160 e. The van der Waals surface area contributed by atoms with Crippen molar-refractivity contribution in [3.63, 3.8) is 0 Å². The van der Waals surface area contributed by atoms with Gasteiger partial charge in [0.1, 0.15) is 0 Å². The SMILES string of the molecule is C/C=C(\C)C(=O)C(C)C. The van der Waals surface area contributed by atoms with Crippen LogP contribution in [0.2, 0.25) is 0 Å². The van der Waals surface area contributed by atoms with Gasteiger partial charge >= 0.3 is 0 Å². The molecule has 0 unspecified atom stereocenters. The first-order chi connectivity index (χ1) is 4.09. The highest BCUT2D eigenvalue weighted by Crippen LogP contribution is 2.03. The molecule has 0 fully saturated rings. The van der Waals surface area contributed by atoms with Gasteiger partial charge in [0, 0.05) is 5.92 Å². The summed E-state index contributed by atoms with van der Waals surface area (Å²) in [4.78, 5) is 11.0. The lowest BCUT2D eigenvalue weighted by atomic mass is 10.0. The molecular weight excluding hydrogens is 112 g/mol. The van der Waals surface area contributed by atoms with Crippen molar-refractivity contribution in [3.8, 4) is 0 Å². The number of hydrogen-bond donors (Lipinski definition) is 0. The van der Waals surface area contributed by atoms with Gasteiger partial charge in [-0.15, -0.1) is 0 Å². The van der Waals surface area contributed by atoms with E-state index in [4.69, 9.17) is 0 Å². The molecule has 0 aromatic rings. The lowest BCUT2D eigenvalue weighted by Gasteiger charge is -2.01. The van der Waals surface area contributed by atoms with Gasteiger partial charge in [-0.05, 0) is 19.4 Å². The minimum absolute atomic E-state index is 0.140. The van der Waals surface area contributed by atoms with Crippen LogP contribution in [0.5, 0.6) is 0 Å². The highest BCUT2D eigenvalue weighted by molar-refractivity contribution is 5.95. The summed E-state index contributed by atoms with van der Waals surface area (Å²) in [5.41, 5.74) is 0.866. The number of carbonyl (C=O) groups is 1. The van der Waals surface area contributed by atoms with Gasteiger partial charge in [-0.25, -0.2) is 0 Å². The Labute approximate surface area is 56.8 Å². The summed E-state index contributed by atoms with van der Waals surface area (Å²) in [6.07, 6.45) is 1.85. The van der Waals surface area contributed by atoms with E-state index in [1.54, 1.807) is 0 Å². The second kappa shape index (κ2) is 3.44. The third kappa shape index (κ3) is 2.45. The molecule has 0 bridgehead atoms. The van der Waals surface area contributed by atoms with Crippen LogP contribution in [0.4, 0.5) is 0 Å². The average Bonchev–Trinajstić information content (AvgIpc) is 1.84. The molecule has 9 heavy (non-hydrogen) atoms. The fourth-order valence-corrected chi connectivity index (χ4v) is 0.598. The Morgan fingerprint density at radius 1 is 1.44 bits per heavy atom. The van der Waals surface area contributed by atoms with E-state index in [0.717, 1.165) is 5.57 Å². The quantitative estimate of drug-likeness (QED) is 0.518. The van der Waals surface area contributed by atoms with E-state index in [1.807, 2.05) is 33.8 Å². The molecule has 0 saturated heterocycles. The maximum absolute atomic E-state index is 11.0. The van der Waals surface area contributed by atoms with Crippen molar-refractivity contribution in [1.29, 1.82) is 0 Å². The molecule has 1 nitrogen and oxygen atoms in total. The fourth-order valence-electron chi connectivity index (χ4n) is 0.598. The number of rotatable bonds is 2. The first-order valence-corrected chi connectivity index (χ1v) is 3.26. The molecule has 0 aliphatic heterocycles. The molecule has 0 radical (unpaired) electrons. The summed E-state index contributed by atoms with van der Waals surface area (Å²) in [6, 6.07) is 0. The zero-order chi connectivity index (χ0) is 7.44. The first kappa shape index (κ1) is 8.41. The van der Waals surface area contributed by atoms with E-state index in [9.17, 15) is 4.79 Å². The number of Topliss-reactive ketones (excluding diaryl/α,β-unsaturated/α-hetero) is 1. The highest BCUT2D eigenvalue weighted by atomic mass is 16.1. The van der Waals surface area contributed by atoms with Crippen LogP contribution in [0.3, 0.4) is 0 Å². The van der Waals surface area contributed by atoms with Gasteiger partial charge in [-0.3, -0.25) is 4.79 Å². The molecule has 0 amide bonds. The van der Waals surface area contributed by atoms with E-state index in [1.165, 1.54) is 0 Å². The number of allylic oxidation sites excluding steroid dienone is 2. The Balaban J connectivity index is 4.06. The highest BCUT2D eigenvalue weighted by Gasteiger charge is 2.06. The van der Waals surface area contributed by atoms with Crippen LogP contribution in [0, 0.1) is 5.92 Å². The monoisotopic (exact) mass is 126 g/mol. The van der Waals surface area contributed by atoms with Crippen LogP contribution in [0.15, 0.2) is 11.6 Å². The van der Waals surface area contributed by atoms with E-state index >= 15 is 0 Å². The van der Waals surface area contributed by atoms with Crippen molar-refractivity contribution in [2.45, 2.75) is 27.7 Å². The van der Waals surface area contributed by atoms with Crippen LogP contribution in [-0.2, 0) is 4.79 Å². The predicted octanol–water partition coefficient (Wildman–Crippen LogP) is 2.18. The van der Waals surface area contributed by atoms with Gasteiger partial charge in [0.25, 0.3) is 0 Å². The third-order valence-electron chi connectivity index (χ3n) is 1.35. The summed E-state index contributed by atoms with van der Waals surface area (Å²) in [7, 11) is 0. The normalized spacial score (nSPS) is 12.3. The topological polar surface area (TPSA) is 17.1 Å². The Hall–Kier alpha value is -0.590. The summed E-state index contributed by atoms with van der Waals surface area (Å²) in [6.45, 7) is 7.56. The van der Waals surface area contributed by atoms with Crippen LogP contribution >= 0.6 is 0 Å². The van der Waals surface area contributed by atoms with Gasteiger partial charge in [0.15, 0.2) is 5.78 Å². The molecule has 0 aromatic carbocycles. The molecule has 0 N–H and O–H groups in total. The molecule has 0 spiro atoms. The van der Waals surface area contributed by atoms with E-state index in [0.29, 0.717) is 0 Å². The molecule has 0 aliphatic carbocycles. The molecule has 0 saturated carbocycles. The third-order valence-corrected chi connectivity index (χ3v) is 1.35. The fraction of sp³-hybridized carbons (Fsp3) is 0.625. The molecule has 52 valence electrons. The lowest BCUT2D eigenvalue weighted by Crippen LogP contribution is -2.07. The van der Waals surface area contributed by atoms with Crippen molar-refractivity contribution in [3.05, 3.63) is 11.6 Å². The zero-order valence-corrected chi connectivity index (χ0v) is 6.56. The van der Waals surface area contributed by atoms with Gasteiger partial charge < -0.3 is 0 Å². The van der Waals surface area contributed by atoms with Crippen LogP contribution in [0.25, 0.3) is 0 Å². The summed E-state index contributed by atoms with van der Waals surface area (Å²) in [5.74, 6) is 0.388. The molecular formula is C8H14O. The van der Waals surface area contributed by atoms with Crippen molar-refractivity contribution >= 4 is 5.78 Å². The van der Waals surface area contributed by atoms with Crippen LogP contribution in [-0.4, -0.2) is 5.78 Å². The van der Waals surface area contributed by atoms with Crippen molar-refractivity contribution in [2.24, 2.45) is 5.92 Å². The Morgan fingerprint density at radius 2 is 1.89 bits per heavy atom. The first-order valence-electron chi connectivity index (χ1n) is 3.26. The Kier molecular flexibility index (Phi) is 3.21. The average molecular weight is 126 g/mol. The van der Waals surface area contributed by atoms with Crippen LogP contribution in [0.1, 0.15) is 27.7 Å². The Bertz CT molecular complexity index is 132.